The molecule has 120 valence electrons. The summed E-state index contributed by atoms with van der Waals surface area (Å²) < 4.78 is 13.0. The van der Waals surface area contributed by atoms with E-state index < -0.39 is 11.9 Å². The molecule has 0 aliphatic heterocycles. The number of benzene rings is 1. The van der Waals surface area contributed by atoms with Crippen LogP contribution >= 0.6 is 0 Å². The van der Waals surface area contributed by atoms with Crippen LogP contribution in [0.25, 0.3) is 0 Å². The van der Waals surface area contributed by atoms with Gasteiger partial charge in [0.15, 0.2) is 0 Å². The molecule has 1 aliphatic carbocycles. The topological polar surface area (TPSA) is 69.6 Å². The van der Waals surface area contributed by atoms with E-state index in [1.54, 1.807) is 26.1 Å². The van der Waals surface area contributed by atoms with E-state index >= 15 is 0 Å². The SMILES string of the molecule is CC(CN(C)C(=O)NCC1(c2ccc(F)cc2)CC1)C(=O)O. The predicted molar refractivity (Wildman–Crippen MR) is 80.1 cm³/mol. The maximum atomic E-state index is 13.0. The van der Waals surface area contributed by atoms with Crippen molar-refractivity contribution < 1.29 is 19.1 Å². The summed E-state index contributed by atoms with van der Waals surface area (Å²) in [5, 5.41) is 11.7. The Morgan fingerprint density at radius 1 is 1.36 bits per heavy atom. The summed E-state index contributed by atoms with van der Waals surface area (Å²) >= 11 is 0. The van der Waals surface area contributed by atoms with Gasteiger partial charge in [-0.2, -0.15) is 0 Å². The van der Waals surface area contributed by atoms with Gasteiger partial charge in [-0.15, -0.1) is 0 Å². The molecule has 6 heteroatoms. The van der Waals surface area contributed by atoms with Gasteiger partial charge in [0.05, 0.1) is 5.92 Å². The molecule has 2 rings (SSSR count). The van der Waals surface area contributed by atoms with Gasteiger partial charge in [-0.1, -0.05) is 19.1 Å². The van der Waals surface area contributed by atoms with E-state index in [0.717, 1.165) is 18.4 Å². The predicted octanol–water partition coefficient (Wildman–Crippen LogP) is 2.22. The average molecular weight is 308 g/mol. The Bertz CT molecular complexity index is 555. The molecule has 22 heavy (non-hydrogen) atoms. The Kier molecular flexibility index (Phi) is 4.68. The zero-order valence-corrected chi connectivity index (χ0v) is 12.8. The van der Waals surface area contributed by atoms with Crippen molar-refractivity contribution in [3.63, 3.8) is 0 Å². The van der Waals surface area contributed by atoms with E-state index in [-0.39, 0.29) is 23.8 Å². The second-order valence-electron chi connectivity index (χ2n) is 6.07. The summed E-state index contributed by atoms with van der Waals surface area (Å²) in [5.74, 6) is -1.81. The van der Waals surface area contributed by atoms with Crippen molar-refractivity contribution in [3.05, 3.63) is 35.6 Å². The molecule has 2 N–H and O–H groups in total. The van der Waals surface area contributed by atoms with Gasteiger partial charge in [-0.05, 0) is 30.5 Å². The van der Waals surface area contributed by atoms with Gasteiger partial charge >= 0.3 is 12.0 Å². The number of carbonyl (C=O) groups excluding carboxylic acids is 1. The lowest BCUT2D eigenvalue weighted by Crippen LogP contribution is -2.43. The van der Waals surface area contributed by atoms with Crippen LogP contribution in [-0.4, -0.2) is 42.1 Å². The summed E-state index contributed by atoms with van der Waals surface area (Å²) in [6.45, 7) is 2.20. The van der Waals surface area contributed by atoms with Crippen LogP contribution in [0.5, 0.6) is 0 Å². The van der Waals surface area contributed by atoms with Crippen molar-refractivity contribution in [2.75, 3.05) is 20.1 Å². The van der Waals surface area contributed by atoms with Crippen molar-refractivity contribution in [1.82, 2.24) is 10.2 Å². The quantitative estimate of drug-likeness (QED) is 0.846. The number of carboxylic acids is 1. The highest BCUT2D eigenvalue weighted by molar-refractivity contribution is 5.75. The number of aliphatic carboxylic acids is 1. The molecular weight excluding hydrogens is 287 g/mol. The van der Waals surface area contributed by atoms with Crippen LogP contribution in [0.2, 0.25) is 0 Å². The summed E-state index contributed by atoms with van der Waals surface area (Å²) in [6, 6.07) is 6.08. The molecule has 1 atom stereocenters. The molecule has 1 fully saturated rings. The molecule has 1 aliphatic rings. The summed E-state index contributed by atoms with van der Waals surface area (Å²) in [5.41, 5.74) is 0.915. The molecule has 5 nitrogen and oxygen atoms in total. The normalized spacial score (nSPS) is 16.7. The number of urea groups is 1. The fourth-order valence-electron chi connectivity index (χ4n) is 2.47. The standard InChI is InChI=1S/C16H21FN2O3/c1-11(14(20)21)9-19(2)15(22)18-10-16(7-8-16)12-3-5-13(17)6-4-12/h3-6,11H,7-10H2,1-2H3,(H,18,22)(H,20,21). The minimum Gasteiger partial charge on any atom is -0.481 e. The number of carbonyl (C=O) groups is 2. The molecule has 0 bridgehead atoms. The number of hydrogen-bond donors (Lipinski definition) is 2. The Labute approximate surface area is 129 Å². The van der Waals surface area contributed by atoms with Crippen LogP contribution < -0.4 is 5.32 Å². The Morgan fingerprint density at radius 2 is 1.95 bits per heavy atom. The smallest absolute Gasteiger partial charge is 0.317 e. The highest BCUT2D eigenvalue weighted by atomic mass is 19.1. The Balaban J connectivity index is 1.88. The number of nitrogens with one attached hydrogen (secondary N) is 1. The molecule has 1 aromatic rings. The van der Waals surface area contributed by atoms with E-state index in [2.05, 4.69) is 5.32 Å². The largest absolute Gasteiger partial charge is 0.481 e. The summed E-state index contributed by atoms with van der Waals surface area (Å²) in [7, 11) is 1.58. The van der Waals surface area contributed by atoms with E-state index in [9.17, 15) is 14.0 Å². The lowest BCUT2D eigenvalue weighted by molar-refractivity contribution is -0.141. The fourth-order valence-corrected chi connectivity index (χ4v) is 2.47. The molecule has 0 radical (unpaired) electrons. The first-order valence-electron chi connectivity index (χ1n) is 7.32. The molecular formula is C16H21FN2O3. The highest BCUT2D eigenvalue weighted by Gasteiger charge is 2.44. The first-order chi connectivity index (χ1) is 10.3. The maximum absolute atomic E-state index is 13.0. The van der Waals surface area contributed by atoms with Crippen molar-refractivity contribution >= 4 is 12.0 Å². The third-order valence-electron chi connectivity index (χ3n) is 4.20. The number of halogens is 1. The van der Waals surface area contributed by atoms with Crippen molar-refractivity contribution in [3.8, 4) is 0 Å². The van der Waals surface area contributed by atoms with Crippen LogP contribution in [0, 0.1) is 11.7 Å². The van der Waals surface area contributed by atoms with Crippen molar-refractivity contribution in [1.29, 1.82) is 0 Å². The average Bonchev–Trinajstić information content (AvgIpc) is 3.26. The van der Waals surface area contributed by atoms with E-state index in [4.69, 9.17) is 5.11 Å². The second kappa shape index (κ2) is 6.34. The molecule has 0 heterocycles. The first-order valence-corrected chi connectivity index (χ1v) is 7.32. The molecule has 1 aromatic carbocycles. The third-order valence-corrected chi connectivity index (χ3v) is 4.20. The minimum absolute atomic E-state index is 0.109. The van der Waals surface area contributed by atoms with Crippen LogP contribution in [0.4, 0.5) is 9.18 Å². The van der Waals surface area contributed by atoms with Gasteiger partial charge in [-0.25, -0.2) is 9.18 Å². The molecule has 0 spiro atoms. The Hall–Kier alpha value is -2.11. The highest BCUT2D eigenvalue weighted by Crippen LogP contribution is 2.47. The van der Waals surface area contributed by atoms with Gasteiger partial charge < -0.3 is 15.3 Å². The van der Waals surface area contributed by atoms with Gasteiger partial charge in [0.1, 0.15) is 5.82 Å². The van der Waals surface area contributed by atoms with Crippen molar-refractivity contribution in [2.24, 2.45) is 5.92 Å². The lowest BCUT2D eigenvalue weighted by atomic mass is 9.96. The number of carboxylic acid groups (broad SMARTS) is 1. The van der Waals surface area contributed by atoms with Crippen LogP contribution in [0.3, 0.4) is 0 Å². The second-order valence-corrected chi connectivity index (χ2v) is 6.07. The summed E-state index contributed by atoms with van der Waals surface area (Å²) in [6.07, 6.45) is 1.91. The molecule has 1 saturated carbocycles. The van der Waals surface area contributed by atoms with Crippen LogP contribution in [0.1, 0.15) is 25.3 Å². The van der Waals surface area contributed by atoms with Crippen LogP contribution in [0.15, 0.2) is 24.3 Å². The van der Waals surface area contributed by atoms with Crippen molar-refractivity contribution in [2.45, 2.75) is 25.2 Å². The van der Waals surface area contributed by atoms with Gasteiger partial charge in [0.25, 0.3) is 0 Å². The van der Waals surface area contributed by atoms with Gasteiger partial charge in [-0.3, -0.25) is 4.79 Å². The molecule has 0 aromatic heterocycles. The third kappa shape index (κ3) is 3.75. The van der Waals surface area contributed by atoms with E-state index in [1.165, 1.54) is 17.0 Å². The Morgan fingerprint density at radius 3 is 2.45 bits per heavy atom. The van der Waals surface area contributed by atoms with E-state index in [0.29, 0.717) is 6.54 Å². The first kappa shape index (κ1) is 16.3. The molecule has 0 saturated heterocycles. The molecule has 2 amide bonds. The monoisotopic (exact) mass is 308 g/mol. The lowest BCUT2D eigenvalue weighted by Gasteiger charge is -2.22. The number of rotatable bonds is 6. The minimum atomic E-state index is -0.926. The van der Waals surface area contributed by atoms with E-state index in [1.807, 2.05) is 0 Å². The number of nitrogens with zero attached hydrogens (tertiary/aromatic N) is 1. The fraction of sp³-hybridized carbons (Fsp3) is 0.500. The molecule has 1 unspecified atom stereocenters. The number of amides is 2. The van der Waals surface area contributed by atoms with Gasteiger partial charge in [0, 0.05) is 25.6 Å². The number of hydrogen-bond acceptors (Lipinski definition) is 2. The maximum Gasteiger partial charge on any atom is 0.317 e. The summed E-state index contributed by atoms with van der Waals surface area (Å²) in [4.78, 5) is 24.2. The zero-order valence-electron chi connectivity index (χ0n) is 12.8. The van der Waals surface area contributed by atoms with Crippen LogP contribution in [-0.2, 0) is 10.2 Å². The zero-order chi connectivity index (χ0) is 16.3. The van der Waals surface area contributed by atoms with Gasteiger partial charge in [0.2, 0.25) is 0 Å².